The number of fused-ring (bicyclic) bond motifs is 1. The maximum absolute atomic E-state index is 12.9. The third kappa shape index (κ3) is 6.17. The Hall–Kier alpha value is -2.87. The van der Waals surface area contributed by atoms with E-state index in [0.29, 0.717) is 24.3 Å². The molecule has 3 rings (SSSR count). The molecule has 0 saturated carbocycles. The number of carbonyl (C=O) groups is 3. The Morgan fingerprint density at radius 1 is 1.12 bits per heavy atom. The molecule has 8 nitrogen and oxygen atoms in total. The van der Waals surface area contributed by atoms with E-state index in [1.807, 2.05) is 43.5 Å². The number of rotatable bonds is 7. The van der Waals surface area contributed by atoms with Crippen molar-refractivity contribution in [2.24, 2.45) is 5.41 Å². The third-order valence-electron chi connectivity index (χ3n) is 6.34. The van der Waals surface area contributed by atoms with Crippen LogP contribution in [-0.4, -0.2) is 66.2 Å². The third-order valence-corrected chi connectivity index (χ3v) is 6.34. The van der Waals surface area contributed by atoms with Gasteiger partial charge in [-0.15, -0.1) is 0 Å². The number of ether oxygens (including phenoxy) is 2. The Morgan fingerprint density at radius 2 is 1.79 bits per heavy atom. The van der Waals surface area contributed by atoms with Crippen LogP contribution in [0.25, 0.3) is 10.9 Å². The summed E-state index contributed by atoms with van der Waals surface area (Å²) < 4.78 is 12.8. The Morgan fingerprint density at radius 3 is 2.38 bits per heavy atom. The minimum absolute atomic E-state index is 0.0343. The molecule has 0 bridgehead atoms. The van der Waals surface area contributed by atoms with Crippen molar-refractivity contribution in [3.8, 4) is 0 Å². The van der Waals surface area contributed by atoms with Gasteiger partial charge in [0.2, 0.25) is 0 Å². The molecule has 1 aromatic heterocycles. The van der Waals surface area contributed by atoms with Gasteiger partial charge in [-0.2, -0.15) is 0 Å². The van der Waals surface area contributed by atoms with E-state index < -0.39 is 17.7 Å². The van der Waals surface area contributed by atoms with Crippen LogP contribution in [0.1, 0.15) is 68.3 Å². The molecule has 1 saturated heterocycles. The molecular formula is C26H37N3O5. The monoisotopic (exact) mass is 471 g/mol. The molecule has 1 fully saturated rings. The number of nitrogens with zero attached hydrogens (tertiary/aromatic N) is 2. The van der Waals surface area contributed by atoms with Gasteiger partial charge in [0, 0.05) is 35.0 Å². The highest BCUT2D eigenvalue weighted by molar-refractivity contribution is 6.00. The van der Waals surface area contributed by atoms with Gasteiger partial charge in [0.25, 0.3) is 0 Å². The highest BCUT2D eigenvalue weighted by Gasteiger charge is 2.36. The number of hydrogen-bond donors (Lipinski definition) is 1. The Balaban J connectivity index is 2.00. The molecule has 8 heteroatoms. The number of esters is 1. The molecular weight excluding hydrogens is 434 g/mol. The van der Waals surface area contributed by atoms with Crippen molar-refractivity contribution >= 4 is 28.7 Å². The maximum atomic E-state index is 12.9. The lowest BCUT2D eigenvalue weighted by Gasteiger charge is -2.41. The van der Waals surface area contributed by atoms with Crippen LogP contribution < -0.4 is 5.32 Å². The predicted octanol–water partition coefficient (Wildman–Crippen LogP) is 4.26. The van der Waals surface area contributed by atoms with Crippen molar-refractivity contribution in [2.45, 2.75) is 59.6 Å². The summed E-state index contributed by atoms with van der Waals surface area (Å²) in [5.74, 6) is -0.431. The number of benzene rings is 1. The molecule has 1 aliphatic rings. The second kappa shape index (κ2) is 10.2. The van der Waals surface area contributed by atoms with E-state index in [-0.39, 0.29) is 17.8 Å². The van der Waals surface area contributed by atoms with Gasteiger partial charge in [0.1, 0.15) is 11.3 Å². The highest BCUT2D eigenvalue weighted by atomic mass is 16.6. The van der Waals surface area contributed by atoms with Crippen molar-refractivity contribution in [3.05, 3.63) is 35.5 Å². The van der Waals surface area contributed by atoms with Crippen molar-refractivity contribution in [2.75, 3.05) is 33.3 Å². The average Bonchev–Trinajstić information content (AvgIpc) is 3.11. The molecule has 1 amide bonds. The smallest absolute Gasteiger partial charge is 0.407 e. The minimum atomic E-state index is -0.583. The van der Waals surface area contributed by atoms with Crippen LogP contribution in [0, 0.1) is 5.41 Å². The van der Waals surface area contributed by atoms with Gasteiger partial charge >= 0.3 is 12.1 Å². The molecule has 2 aromatic rings. The Labute approximate surface area is 201 Å². The van der Waals surface area contributed by atoms with Gasteiger partial charge in [0.05, 0.1) is 6.61 Å². The molecule has 1 N–H and O–H groups in total. The van der Waals surface area contributed by atoms with Gasteiger partial charge < -0.3 is 24.3 Å². The number of amides is 1. The van der Waals surface area contributed by atoms with Crippen LogP contribution in [0.2, 0.25) is 0 Å². The zero-order valence-corrected chi connectivity index (χ0v) is 21.2. The summed E-state index contributed by atoms with van der Waals surface area (Å²) >= 11 is 0. The molecule has 1 aromatic carbocycles. The number of likely N-dealkylation sites (tertiary alicyclic amines) is 1. The summed E-state index contributed by atoms with van der Waals surface area (Å²) in [4.78, 5) is 39.6. The zero-order chi connectivity index (χ0) is 25.1. The summed E-state index contributed by atoms with van der Waals surface area (Å²) in [5.41, 5.74) is 0.981. The van der Waals surface area contributed by atoms with E-state index in [4.69, 9.17) is 9.47 Å². The summed E-state index contributed by atoms with van der Waals surface area (Å²) in [6.45, 7) is 11.8. The number of hydrogen-bond acceptors (Lipinski definition) is 6. The summed E-state index contributed by atoms with van der Waals surface area (Å²) in [6.07, 6.45) is 1.23. The first kappa shape index (κ1) is 25.7. The van der Waals surface area contributed by atoms with E-state index in [1.54, 1.807) is 13.0 Å². The van der Waals surface area contributed by atoms with Crippen LogP contribution in [0.5, 0.6) is 0 Å². The van der Waals surface area contributed by atoms with E-state index in [2.05, 4.69) is 17.3 Å². The summed E-state index contributed by atoms with van der Waals surface area (Å²) in [6, 6.07) is 7.30. The molecule has 0 radical (unpaired) electrons. The fourth-order valence-electron chi connectivity index (χ4n) is 4.41. The lowest BCUT2D eigenvalue weighted by molar-refractivity contribution is 0.0424. The fourth-order valence-corrected chi connectivity index (χ4v) is 4.41. The molecule has 2 heterocycles. The number of ketones is 1. The van der Waals surface area contributed by atoms with Gasteiger partial charge in [-0.1, -0.05) is 12.1 Å². The molecule has 34 heavy (non-hydrogen) atoms. The topological polar surface area (TPSA) is 89.9 Å². The minimum Gasteiger partial charge on any atom is -0.461 e. The van der Waals surface area contributed by atoms with E-state index in [1.165, 1.54) is 6.92 Å². The molecule has 0 unspecified atom stereocenters. The van der Waals surface area contributed by atoms with Crippen molar-refractivity contribution in [3.63, 3.8) is 0 Å². The molecule has 1 aliphatic heterocycles. The van der Waals surface area contributed by atoms with Crippen LogP contribution in [0.15, 0.2) is 24.3 Å². The first-order valence-corrected chi connectivity index (χ1v) is 11.9. The molecule has 0 aliphatic carbocycles. The van der Waals surface area contributed by atoms with Crippen LogP contribution >= 0.6 is 0 Å². The normalized spacial score (nSPS) is 16.3. The van der Waals surface area contributed by atoms with Crippen LogP contribution in [-0.2, 0) is 16.0 Å². The van der Waals surface area contributed by atoms with E-state index in [9.17, 15) is 14.4 Å². The first-order valence-electron chi connectivity index (χ1n) is 11.9. The fraction of sp³-hybridized carbons (Fsp3) is 0.577. The van der Waals surface area contributed by atoms with Gasteiger partial charge in [-0.3, -0.25) is 4.79 Å². The Kier molecular flexibility index (Phi) is 7.70. The van der Waals surface area contributed by atoms with Crippen LogP contribution in [0.3, 0.4) is 0 Å². The number of nitrogens with one attached hydrogen (secondary N) is 1. The standard InChI is InChI=1S/C26H37N3O5/c1-7-33-23(31)22-15-20-9-8-19(18(2)30)14-21(20)29(22)17-26(10-12-28(6)13-11-26)16-27-24(32)34-25(3,4)5/h8-9,14-15H,7,10-13,16-17H2,1-6H3,(H,27,32). The van der Waals surface area contributed by atoms with Gasteiger partial charge in [-0.25, -0.2) is 9.59 Å². The number of carbonyl (C=O) groups excluding carboxylic acids is 3. The number of alkyl carbamates (subject to hydrolysis) is 1. The SMILES string of the molecule is CCOC(=O)c1cc2ccc(C(C)=O)cc2n1CC1(CNC(=O)OC(C)(C)C)CCN(C)CC1. The molecule has 186 valence electrons. The highest BCUT2D eigenvalue weighted by Crippen LogP contribution is 2.35. The average molecular weight is 472 g/mol. The van der Waals surface area contributed by atoms with Crippen molar-refractivity contribution in [1.82, 2.24) is 14.8 Å². The molecule has 0 spiro atoms. The lowest BCUT2D eigenvalue weighted by atomic mass is 9.78. The predicted molar refractivity (Wildman–Crippen MR) is 131 cm³/mol. The largest absolute Gasteiger partial charge is 0.461 e. The second-order valence-electron chi connectivity index (χ2n) is 10.3. The van der Waals surface area contributed by atoms with Crippen molar-refractivity contribution < 1.29 is 23.9 Å². The number of piperidine rings is 1. The zero-order valence-electron chi connectivity index (χ0n) is 21.2. The van der Waals surface area contributed by atoms with Crippen LogP contribution in [0.4, 0.5) is 4.79 Å². The Bertz CT molecular complexity index is 1060. The number of Topliss-reactive ketones (excluding diaryl/α,β-unsaturated/α-hetero) is 1. The summed E-state index contributed by atoms with van der Waals surface area (Å²) in [5, 5.41) is 3.84. The molecule has 0 atom stereocenters. The maximum Gasteiger partial charge on any atom is 0.407 e. The van der Waals surface area contributed by atoms with E-state index >= 15 is 0 Å². The lowest BCUT2D eigenvalue weighted by Crippen LogP contribution is -2.48. The second-order valence-corrected chi connectivity index (χ2v) is 10.3. The van der Waals surface area contributed by atoms with Gasteiger partial charge in [0.15, 0.2) is 5.78 Å². The van der Waals surface area contributed by atoms with Gasteiger partial charge in [-0.05, 0) is 79.7 Å². The number of aromatic nitrogens is 1. The quantitative estimate of drug-likeness (QED) is 0.479. The summed E-state index contributed by atoms with van der Waals surface area (Å²) in [7, 11) is 2.08. The first-order chi connectivity index (χ1) is 15.9. The van der Waals surface area contributed by atoms with Crippen molar-refractivity contribution in [1.29, 1.82) is 0 Å². The van der Waals surface area contributed by atoms with E-state index in [0.717, 1.165) is 36.8 Å².